The van der Waals surface area contributed by atoms with Gasteiger partial charge in [-0.3, -0.25) is 0 Å². The van der Waals surface area contributed by atoms with Gasteiger partial charge in [-0.25, -0.2) is 4.98 Å². The molecular weight excluding hydrogens is 288 g/mol. The molecule has 1 aromatic carbocycles. The van der Waals surface area contributed by atoms with Gasteiger partial charge in [0.1, 0.15) is 0 Å². The van der Waals surface area contributed by atoms with E-state index < -0.39 is 0 Å². The molecule has 0 amide bonds. The predicted octanol–water partition coefficient (Wildman–Crippen LogP) is 3.39. The third kappa shape index (κ3) is 2.62. The SMILES string of the molecule is CC(C)n1cnc2c(Nc3cccc(N)c3)nc(Cl)nc21. The lowest BCUT2D eigenvalue weighted by Crippen LogP contribution is -2.02. The van der Waals surface area contributed by atoms with E-state index >= 15 is 0 Å². The zero-order valence-corrected chi connectivity index (χ0v) is 12.5. The number of nitrogens with two attached hydrogens (primary N) is 1. The molecule has 0 atom stereocenters. The van der Waals surface area contributed by atoms with Crippen LogP contribution in [0, 0.1) is 0 Å². The standard InChI is InChI=1S/C14H15ClN6/c1-8(2)21-7-17-11-12(19-14(15)20-13(11)21)18-10-5-3-4-9(16)6-10/h3-8H,16H2,1-2H3,(H,18,19,20). The van der Waals surface area contributed by atoms with E-state index in [0.29, 0.717) is 22.7 Å². The van der Waals surface area contributed by atoms with Crippen molar-refractivity contribution in [3.05, 3.63) is 35.9 Å². The molecule has 2 heterocycles. The van der Waals surface area contributed by atoms with Crippen molar-refractivity contribution in [1.29, 1.82) is 0 Å². The number of nitrogens with zero attached hydrogens (tertiary/aromatic N) is 4. The van der Waals surface area contributed by atoms with E-state index in [1.807, 2.05) is 28.8 Å². The highest BCUT2D eigenvalue weighted by molar-refractivity contribution is 6.28. The van der Waals surface area contributed by atoms with Crippen molar-refractivity contribution in [2.75, 3.05) is 11.1 Å². The summed E-state index contributed by atoms with van der Waals surface area (Å²) >= 11 is 6.03. The van der Waals surface area contributed by atoms with Crippen molar-refractivity contribution in [3.8, 4) is 0 Å². The molecule has 0 aliphatic rings. The van der Waals surface area contributed by atoms with Crippen molar-refractivity contribution in [2.45, 2.75) is 19.9 Å². The summed E-state index contributed by atoms with van der Waals surface area (Å²) in [6.07, 6.45) is 1.74. The number of hydrogen-bond acceptors (Lipinski definition) is 5. The summed E-state index contributed by atoms with van der Waals surface area (Å²) in [7, 11) is 0. The molecule has 0 radical (unpaired) electrons. The Balaban J connectivity index is 2.10. The lowest BCUT2D eigenvalue weighted by atomic mass is 10.3. The van der Waals surface area contributed by atoms with Gasteiger partial charge in [0.25, 0.3) is 0 Å². The molecule has 0 bridgehead atoms. The van der Waals surface area contributed by atoms with Crippen LogP contribution in [0.25, 0.3) is 11.2 Å². The van der Waals surface area contributed by atoms with E-state index in [4.69, 9.17) is 17.3 Å². The van der Waals surface area contributed by atoms with Crippen LogP contribution in [0.15, 0.2) is 30.6 Å². The van der Waals surface area contributed by atoms with Crippen molar-refractivity contribution < 1.29 is 0 Å². The first kappa shape index (κ1) is 13.6. The van der Waals surface area contributed by atoms with Gasteiger partial charge in [-0.2, -0.15) is 9.97 Å². The van der Waals surface area contributed by atoms with Crippen LogP contribution < -0.4 is 11.1 Å². The Kier molecular flexibility index (Phi) is 3.39. The maximum Gasteiger partial charge on any atom is 0.226 e. The Morgan fingerprint density at radius 2 is 2.10 bits per heavy atom. The summed E-state index contributed by atoms with van der Waals surface area (Å²) in [4.78, 5) is 12.9. The number of imidazole rings is 1. The van der Waals surface area contributed by atoms with Crippen LogP contribution in [0.4, 0.5) is 17.2 Å². The quantitative estimate of drug-likeness (QED) is 0.572. The largest absolute Gasteiger partial charge is 0.399 e. The van der Waals surface area contributed by atoms with Crippen molar-refractivity contribution in [1.82, 2.24) is 19.5 Å². The van der Waals surface area contributed by atoms with E-state index in [-0.39, 0.29) is 11.3 Å². The number of aromatic nitrogens is 4. The van der Waals surface area contributed by atoms with Gasteiger partial charge in [0, 0.05) is 17.4 Å². The third-order valence-corrected chi connectivity index (χ3v) is 3.27. The van der Waals surface area contributed by atoms with Crippen LogP contribution in [0.5, 0.6) is 0 Å². The Morgan fingerprint density at radius 1 is 1.29 bits per heavy atom. The van der Waals surface area contributed by atoms with Crippen LogP contribution in [0.3, 0.4) is 0 Å². The minimum absolute atomic E-state index is 0.177. The second kappa shape index (κ2) is 5.21. The second-order valence-electron chi connectivity index (χ2n) is 5.01. The fourth-order valence-electron chi connectivity index (χ4n) is 2.11. The molecule has 0 saturated heterocycles. The molecule has 3 N–H and O–H groups in total. The molecule has 108 valence electrons. The lowest BCUT2D eigenvalue weighted by molar-refractivity contribution is 0.612. The molecule has 7 heteroatoms. The Hall–Kier alpha value is -2.34. The molecule has 3 rings (SSSR count). The van der Waals surface area contributed by atoms with Gasteiger partial charge >= 0.3 is 0 Å². The van der Waals surface area contributed by atoms with Crippen LogP contribution in [-0.4, -0.2) is 19.5 Å². The molecule has 2 aromatic heterocycles. The third-order valence-electron chi connectivity index (χ3n) is 3.10. The second-order valence-corrected chi connectivity index (χ2v) is 5.35. The van der Waals surface area contributed by atoms with Gasteiger partial charge in [0.15, 0.2) is 17.0 Å². The van der Waals surface area contributed by atoms with E-state index in [0.717, 1.165) is 5.69 Å². The fraction of sp³-hybridized carbons (Fsp3) is 0.214. The Bertz CT molecular complexity index is 795. The molecule has 0 unspecified atom stereocenters. The molecule has 0 aliphatic heterocycles. The maximum atomic E-state index is 6.03. The normalized spacial score (nSPS) is 11.2. The number of anilines is 3. The molecule has 6 nitrogen and oxygen atoms in total. The van der Waals surface area contributed by atoms with Gasteiger partial charge in [0.2, 0.25) is 5.28 Å². The molecule has 0 aliphatic carbocycles. The number of nitrogen functional groups attached to an aromatic ring is 1. The van der Waals surface area contributed by atoms with Crippen LogP contribution in [0.1, 0.15) is 19.9 Å². The summed E-state index contributed by atoms with van der Waals surface area (Å²) in [6.45, 7) is 4.12. The summed E-state index contributed by atoms with van der Waals surface area (Å²) in [5.74, 6) is 0.565. The zero-order valence-electron chi connectivity index (χ0n) is 11.7. The molecule has 3 aromatic rings. The molecule has 21 heavy (non-hydrogen) atoms. The predicted molar refractivity (Wildman–Crippen MR) is 84.9 cm³/mol. The van der Waals surface area contributed by atoms with Crippen molar-refractivity contribution in [2.24, 2.45) is 0 Å². The monoisotopic (exact) mass is 302 g/mol. The highest BCUT2D eigenvalue weighted by atomic mass is 35.5. The van der Waals surface area contributed by atoms with Crippen LogP contribution >= 0.6 is 11.6 Å². The van der Waals surface area contributed by atoms with Crippen molar-refractivity contribution >= 4 is 40.0 Å². The van der Waals surface area contributed by atoms with Crippen LogP contribution in [0.2, 0.25) is 5.28 Å². The molecule has 0 saturated carbocycles. The first-order valence-electron chi connectivity index (χ1n) is 6.57. The molecular formula is C14H15ClN6. The minimum Gasteiger partial charge on any atom is -0.399 e. The van der Waals surface area contributed by atoms with Gasteiger partial charge in [0.05, 0.1) is 6.33 Å². The summed E-state index contributed by atoms with van der Waals surface area (Å²) < 4.78 is 1.95. The maximum absolute atomic E-state index is 6.03. The van der Waals surface area contributed by atoms with Gasteiger partial charge < -0.3 is 15.6 Å². The topological polar surface area (TPSA) is 81.7 Å². The smallest absolute Gasteiger partial charge is 0.226 e. The zero-order chi connectivity index (χ0) is 15.0. The number of rotatable bonds is 3. The van der Waals surface area contributed by atoms with E-state index in [1.165, 1.54) is 0 Å². The average molecular weight is 303 g/mol. The summed E-state index contributed by atoms with van der Waals surface area (Å²) in [6, 6.07) is 7.64. The van der Waals surface area contributed by atoms with E-state index in [1.54, 1.807) is 6.33 Å². The Morgan fingerprint density at radius 3 is 2.81 bits per heavy atom. The highest BCUT2D eigenvalue weighted by Crippen LogP contribution is 2.26. The first-order chi connectivity index (χ1) is 10.0. The van der Waals surface area contributed by atoms with Crippen LogP contribution in [-0.2, 0) is 0 Å². The average Bonchev–Trinajstić information content (AvgIpc) is 2.82. The lowest BCUT2D eigenvalue weighted by Gasteiger charge is -2.09. The number of fused-ring (bicyclic) bond motifs is 1. The molecule has 0 fully saturated rings. The summed E-state index contributed by atoms with van der Waals surface area (Å²) in [5.41, 5.74) is 8.66. The Labute approximate surface area is 127 Å². The first-order valence-corrected chi connectivity index (χ1v) is 6.95. The van der Waals surface area contributed by atoms with Gasteiger partial charge in [-0.05, 0) is 43.6 Å². The molecule has 0 spiro atoms. The number of benzene rings is 1. The van der Waals surface area contributed by atoms with E-state index in [9.17, 15) is 0 Å². The fourth-order valence-corrected chi connectivity index (χ4v) is 2.27. The van der Waals surface area contributed by atoms with Crippen molar-refractivity contribution in [3.63, 3.8) is 0 Å². The van der Waals surface area contributed by atoms with Gasteiger partial charge in [-0.15, -0.1) is 0 Å². The van der Waals surface area contributed by atoms with E-state index in [2.05, 4.69) is 34.1 Å². The minimum atomic E-state index is 0.177. The number of nitrogens with one attached hydrogen (secondary N) is 1. The summed E-state index contributed by atoms with van der Waals surface area (Å²) in [5, 5.41) is 3.37. The highest BCUT2D eigenvalue weighted by Gasteiger charge is 2.14. The number of halogens is 1. The number of hydrogen-bond donors (Lipinski definition) is 2. The van der Waals surface area contributed by atoms with Gasteiger partial charge in [-0.1, -0.05) is 6.07 Å².